The van der Waals surface area contributed by atoms with Gasteiger partial charge in [-0.2, -0.15) is 0 Å². The van der Waals surface area contributed by atoms with Crippen LogP contribution in [0.4, 0.5) is 13.6 Å². The number of amides is 1. The van der Waals surface area contributed by atoms with E-state index in [9.17, 15) is 18.4 Å². The third kappa shape index (κ3) is 4.12. The molecule has 0 aliphatic rings. The van der Waals surface area contributed by atoms with Crippen molar-refractivity contribution in [1.82, 2.24) is 5.32 Å². The molecule has 1 rings (SSSR count). The number of hydrogen-bond donors (Lipinski definition) is 1. The first-order chi connectivity index (χ1) is 8.42. The predicted molar refractivity (Wildman–Crippen MR) is 66.1 cm³/mol. The molecule has 0 unspecified atom stereocenters. The van der Waals surface area contributed by atoms with E-state index in [4.69, 9.17) is 0 Å². The summed E-state index contributed by atoms with van der Waals surface area (Å²) < 4.78 is 26.0. The van der Waals surface area contributed by atoms with Crippen molar-refractivity contribution in [2.24, 2.45) is 0 Å². The van der Waals surface area contributed by atoms with Gasteiger partial charge in [0.2, 0.25) is 7.85 Å². The van der Waals surface area contributed by atoms with Crippen LogP contribution in [-0.2, 0) is 11.2 Å². The lowest BCUT2D eigenvalue weighted by molar-refractivity contribution is -0.116. The van der Waals surface area contributed by atoms with Crippen LogP contribution in [0.1, 0.15) is 5.56 Å². The molecule has 0 aliphatic carbocycles. The van der Waals surface area contributed by atoms with Gasteiger partial charge in [0.15, 0.2) is 11.6 Å². The number of halogens is 2. The number of carbonyl (C=O) groups is 2. The Labute approximate surface area is 104 Å². The number of ketones is 1. The first-order valence-electron chi connectivity index (χ1n) is 5.30. The second-order valence-corrected chi connectivity index (χ2v) is 3.84. The monoisotopic (exact) mass is 251 g/mol. The molecule has 94 valence electrons. The van der Waals surface area contributed by atoms with E-state index in [1.54, 1.807) is 0 Å². The van der Waals surface area contributed by atoms with Crippen molar-refractivity contribution >= 4 is 19.4 Å². The predicted octanol–water partition coefficient (Wildman–Crippen LogP) is 0.974. The van der Waals surface area contributed by atoms with Gasteiger partial charge in [-0.1, -0.05) is 6.58 Å². The smallest absolute Gasteiger partial charge is 0.215 e. The maximum Gasteiger partial charge on any atom is 0.215 e. The fraction of sp³-hybridized carbons (Fsp3) is 0.167. The van der Waals surface area contributed by atoms with Crippen LogP contribution in [-0.4, -0.2) is 25.5 Å². The molecule has 0 fully saturated rings. The molecule has 0 saturated carbocycles. The van der Waals surface area contributed by atoms with Crippen LogP contribution < -0.4 is 5.32 Å². The minimum atomic E-state index is -0.860. The lowest BCUT2D eigenvalue weighted by Gasteiger charge is -2.15. The Hall–Kier alpha value is -1.98. The van der Waals surface area contributed by atoms with Gasteiger partial charge in [0.05, 0.1) is 6.04 Å². The van der Waals surface area contributed by atoms with Gasteiger partial charge in [-0.05, 0) is 23.8 Å². The highest BCUT2D eigenvalue weighted by Crippen LogP contribution is 2.10. The molecule has 1 aromatic carbocycles. The van der Waals surface area contributed by atoms with E-state index in [0.29, 0.717) is 5.56 Å². The molecular weight excluding hydrogens is 239 g/mol. The Morgan fingerprint density at radius 3 is 2.33 bits per heavy atom. The fourth-order valence-corrected chi connectivity index (χ4v) is 1.57. The molecule has 0 bridgehead atoms. The first-order valence-corrected chi connectivity index (χ1v) is 5.30. The van der Waals surface area contributed by atoms with Crippen molar-refractivity contribution in [3.05, 3.63) is 48.1 Å². The molecule has 0 saturated heterocycles. The maximum absolute atomic E-state index is 13.0. The van der Waals surface area contributed by atoms with Crippen molar-refractivity contribution in [3.63, 3.8) is 0 Å². The van der Waals surface area contributed by atoms with Gasteiger partial charge in [-0.3, -0.25) is 9.59 Å². The molecular formula is C12H12BF2NO2. The summed E-state index contributed by atoms with van der Waals surface area (Å²) in [6, 6.07) is 2.12. The standard InChI is InChI=1S/C12H12BF2NO2/c1-2-11(17)10(16-12(13)18)5-7-3-8(14)6-9(15)4-7/h2-4,6,10H,1,5,13H2,(H,16,18)/t10-/m0/s1. The second-order valence-electron chi connectivity index (χ2n) is 3.84. The number of hydrogen-bond acceptors (Lipinski definition) is 2. The van der Waals surface area contributed by atoms with Crippen LogP contribution in [0.5, 0.6) is 0 Å². The van der Waals surface area contributed by atoms with Gasteiger partial charge in [0, 0.05) is 12.5 Å². The normalized spacial score (nSPS) is 11.7. The number of nitrogens with one attached hydrogen (secondary N) is 1. The lowest BCUT2D eigenvalue weighted by atomic mass is 10.00. The molecule has 0 aliphatic heterocycles. The van der Waals surface area contributed by atoms with Crippen molar-refractivity contribution < 1.29 is 18.4 Å². The Bertz CT molecular complexity index is 471. The SMILES string of the molecule is BC(=O)N[C@@H](Cc1cc(F)cc(F)c1)C(=O)C=C. The van der Waals surface area contributed by atoms with Crippen LogP contribution in [0, 0.1) is 11.6 Å². The lowest BCUT2D eigenvalue weighted by Crippen LogP contribution is -2.41. The molecule has 0 spiro atoms. The molecule has 3 nitrogen and oxygen atoms in total. The van der Waals surface area contributed by atoms with Gasteiger partial charge in [0.1, 0.15) is 11.6 Å². The molecule has 1 aromatic rings. The van der Waals surface area contributed by atoms with Crippen molar-refractivity contribution in [1.29, 1.82) is 0 Å². The summed E-state index contributed by atoms with van der Waals surface area (Å²) in [5.41, 5.74) is 0.293. The molecule has 0 aromatic heterocycles. The summed E-state index contributed by atoms with van der Waals surface area (Å²) in [5.74, 6) is -2.25. The fourth-order valence-electron chi connectivity index (χ4n) is 1.57. The van der Waals surface area contributed by atoms with E-state index in [1.165, 1.54) is 7.85 Å². The Morgan fingerprint density at radius 1 is 1.33 bits per heavy atom. The van der Waals surface area contributed by atoms with Gasteiger partial charge in [0.25, 0.3) is 0 Å². The molecule has 0 heterocycles. The van der Waals surface area contributed by atoms with Crippen LogP contribution in [0.3, 0.4) is 0 Å². The van der Waals surface area contributed by atoms with Crippen LogP contribution in [0.2, 0.25) is 0 Å². The quantitative estimate of drug-likeness (QED) is 0.626. The maximum atomic E-state index is 13.0. The van der Waals surface area contributed by atoms with Crippen LogP contribution in [0.15, 0.2) is 30.9 Å². The number of rotatable bonds is 5. The van der Waals surface area contributed by atoms with E-state index in [0.717, 1.165) is 24.3 Å². The van der Waals surface area contributed by atoms with Crippen molar-refractivity contribution in [3.8, 4) is 0 Å². The highest BCUT2D eigenvalue weighted by Gasteiger charge is 2.17. The third-order valence-electron chi connectivity index (χ3n) is 2.28. The van der Waals surface area contributed by atoms with E-state index in [1.807, 2.05) is 0 Å². The Kier molecular flexibility index (Phi) is 4.77. The molecule has 6 heteroatoms. The highest BCUT2D eigenvalue weighted by atomic mass is 19.1. The van der Waals surface area contributed by atoms with E-state index in [2.05, 4.69) is 11.9 Å². The van der Waals surface area contributed by atoms with Crippen LogP contribution >= 0.6 is 0 Å². The second kappa shape index (κ2) is 6.09. The van der Waals surface area contributed by atoms with Crippen molar-refractivity contribution in [2.45, 2.75) is 12.5 Å². The van der Waals surface area contributed by atoms with Gasteiger partial charge in [-0.25, -0.2) is 8.78 Å². The first kappa shape index (κ1) is 14.1. The van der Waals surface area contributed by atoms with Gasteiger partial charge < -0.3 is 5.32 Å². The van der Waals surface area contributed by atoms with E-state index < -0.39 is 29.3 Å². The zero-order valence-corrected chi connectivity index (χ0v) is 9.87. The molecule has 1 N–H and O–H groups in total. The molecule has 0 radical (unpaired) electrons. The molecule has 1 amide bonds. The summed E-state index contributed by atoms with van der Waals surface area (Å²) in [5, 5.41) is 2.41. The summed E-state index contributed by atoms with van der Waals surface area (Å²) in [4.78, 5) is 22.5. The van der Waals surface area contributed by atoms with E-state index >= 15 is 0 Å². The third-order valence-corrected chi connectivity index (χ3v) is 2.28. The number of carbonyl (C=O) groups excluding carboxylic acids is 2. The summed E-state index contributed by atoms with van der Waals surface area (Å²) in [7, 11) is 1.26. The Balaban J connectivity index is 2.91. The summed E-state index contributed by atoms with van der Waals surface area (Å²) in [6.07, 6.45) is 1.08. The summed E-state index contributed by atoms with van der Waals surface area (Å²) >= 11 is 0. The largest absolute Gasteiger partial charge is 0.355 e. The minimum Gasteiger partial charge on any atom is -0.355 e. The Morgan fingerprint density at radius 2 is 1.89 bits per heavy atom. The molecule has 1 atom stereocenters. The molecule has 18 heavy (non-hydrogen) atoms. The van der Waals surface area contributed by atoms with Gasteiger partial charge in [-0.15, -0.1) is 0 Å². The average Bonchev–Trinajstić information content (AvgIpc) is 2.25. The number of benzene rings is 1. The zero-order chi connectivity index (χ0) is 13.7. The van der Waals surface area contributed by atoms with Gasteiger partial charge >= 0.3 is 0 Å². The van der Waals surface area contributed by atoms with Crippen molar-refractivity contribution in [2.75, 3.05) is 0 Å². The zero-order valence-electron chi connectivity index (χ0n) is 9.87. The minimum absolute atomic E-state index is 0.0130. The summed E-state index contributed by atoms with van der Waals surface area (Å²) in [6.45, 7) is 3.32. The van der Waals surface area contributed by atoms with Crippen LogP contribution in [0.25, 0.3) is 0 Å². The average molecular weight is 251 g/mol. The van der Waals surface area contributed by atoms with E-state index in [-0.39, 0.29) is 6.42 Å². The topological polar surface area (TPSA) is 46.2 Å². The highest BCUT2D eigenvalue weighted by molar-refractivity contribution is 6.57.